The first-order valence-electron chi connectivity index (χ1n) is 20.9. The molecular formula is C51H46Cl2N6O4. The van der Waals surface area contributed by atoms with Crippen molar-refractivity contribution in [1.82, 2.24) is 19.5 Å². The van der Waals surface area contributed by atoms with Crippen molar-refractivity contribution in [3.05, 3.63) is 215 Å². The van der Waals surface area contributed by atoms with E-state index in [-0.39, 0.29) is 12.2 Å². The summed E-state index contributed by atoms with van der Waals surface area (Å²) in [7, 11) is 0. The first kappa shape index (κ1) is 42.8. The molecular weight excluding hydrogens is 832 g/mol. The SMILES string of the molecule is O=C(Nc1ccc(Cl)cc1)OC1CC=C(c2cn(C(c3ccccc3)(c3ccccc3)c3ccccc3)cn2)CC1.O=C(Nc1ccc(Cl)cc1)OC1CC=C(c2cnc[nH]2)CC1. The number of amides is 2. The van der Waals surface area contributed by atoms with Gasteiger partial charge in [0.05, 0.1) is 30.2 Å². The lowest BCUT2D eigenvalue weighted by atomic mass is 9.76. The number of rotatable bonds is 10. The Balaban J connectivity index is 0.000000208. The number of hydrogen-bond donors (Lipinski definition) is 3. The number of aromatic nitrogens is 4. The summed E-state index contributed by atoms with van der Waals surface area (Å²) in [5.74, 6) is 0. The molecule has 7 aromatic rings. The van der Waals surface area contributed by atoms with Crippen molar-refractivity contribution in [1.29, 1.82) is 0 Å². The summed E-state index contributed by atoms with van der Waals surface area (Å²) in [6, 6.07) is 45.6. The predicted octanol–water partition coefficient (Wildman–Crippen LogP) is 12.8. The van der Waals surface area contributed by atoms with Crippen LogP contribution in [0, 0.1) is 0 Å². The molecule has 0 bridgehead atoms. The van der Waals surface area contributed by atoms with Crippen molar-refractivity contribution in [2.24, 2.45) is 0 Å². The van der Waals surface area contributed by atoms with Gasteiger partial charge < -0.3 is 19.0 Å². The molecule has 10 nitrogen and oxygen atoms in total. The highest BCUT2D eigenvalue weighted by molar-refractivity contribution is 6.31. The largest absolute Gasteiger partial charge is 0.446 e. The summed E-state index contributed by atoms with van der Waals surface area (Å²) in [5, 5.41) is 6.71. The molecule has 0 saturated carbocycles. The summed E-state index contributed by atoms with van der Waals surface area (Å²) in [6.45, 7) is 0. The van der Waals surface area contributed by atoms with Gasteiger partial charge in [-0.2, -0.15) is 0 Å². The van der Waals surface area contributed by atoms with Crippen LogP contribution in [0.5, 0.6) is 0 Å². The number of aromatic amines is 1. The second-order valence-electron chi connectivity index (χ2n) is 15.3. The van der Waals surface area contributed by atoms with Crippen molar-refractivity contribution >= 4 is 57.9 Å². The molecule has 318 valence electrons. The number of halogens is 2. The maximum atomic E-state index is 12.4. The van der Waals surface area contributed by atoms with Gasteiger partial charge in [0.2, 0.25) is 0 Å². The van der Waals surface area contributed by atoms with E-state index in [9.17, 15) is 9.59 Å². The first-order valence-corrected chi connectivity index (χ1v) is 21.6. The van der Waals surface area contributed by atoms with Gasteiger partial charge in [-0.05, 0) is 102 Å². The molecule has 9 rings (SSSR count). The molecule has 2 atom stereocenters. The van der Waals surface area contributed by atoms with Gasteiger partial charge in [0.15, 0.2) is 0 Å². The molecule has 0 spiro atoms. The molecule has 0 fully saturated rings. The van der Waals surface area contributed by atoms with Crippen LogP contribution in [-0.2, 0) is 15.0 Å². The minimum absolute atomic E-state index is 0.0982. The van der Waals surface area contributed by atoms with E-state index in [0.29, 0.717) is 34.3 Å². The first-order chi connectivity index (χ1) is 30.8. The van der Waals surface area contributed by atoms with E-state index in [1.807, 2.05) is 24.5 Å². The number of anilines is 2. The highest BCUT2D eigenvalue weighted by atomic mass is 35.5. The van der Waals surface area contributed by atoms with Gasteiger partial charge in [-0.3, -0.25) is 10.6 Å². The van der Waals surface area contributed by atoms with Crippen LogP contribution in [-0.4, -0.2) is 43.9 Å². The lowest BCUT2D eigenvalue weighted by Gasteiger charge is -2.37. The van der Waals surface area contributed by atoms with E-state index in [1.165, 1.54) is 5.57 Å². The summed E-state index contributed by atoms with van der Waals surface area (Å²) < 4.78 is 13.4. The fraction of sp³-hybridized carbons (Fsp3) is 0.176. The molecule has 2 unspecified atom stereocenters. The molecule has 0 radical (unpaired) electrons. The molecule has 5 aromatic carbocycles. The van der Waals surface area contributed by atoms with Crippen LogP contribution in [0.25, 0.3) is 11.1 Å². The van der Waals surface area contributed by atoms with Crippen LogP contribution in [0.3, 0.4) is 0 Å². The standard InChI is InChI=1S/C35H30ClN3O2.C16H16ClN3O2/c36-30-18-20-31(21-19-30)38-34(40)41-32-22-16-26(17-23-32)33-24-39(25-37-33)35(27-10-4-1-5-11-27,28-12-6-2-7-13-28)29-14-8-3-9-15-29;17-12-3-5-13(6-4-12)20-16(21)22-14-7-1-11(2-8-14)15-9-18-10-19-15/h1-16,18-21,24-25,32H,17,22-23H2,(H,38,40);1,3-6,9-10,14H,2,7-8H2,(H,18,19)(H,20,21). The average Bonchev–Trinajstić information content (AvgIpc) is 4.05. The Bertz CT molecular complexity index is 2540. The lowest BCUT2D eigenvalue weighted by molar-refractivity contribution is 0.105. The van der Waals surface area contributed by atoms with Gasteiger partial charge in [-0.1, -0.05) is 126 Å². The van der Waals surface area contributed by atoms with Crippen LogP contribution in [0.2, 0.25) is 10.0 Å². The fourth-order valence-electron chi connectivity index (χ4n) is 8.06. The zero-order valence-corrected chi connectivity index (χ0v) is 35.9. The monoisotopic (exact) mass is 876 g/mol. The molecule has 2 heterocycles. The van der Waals surface area contributed by atoms with E-state index in [0.717, 1.165) is 59.3 Å². The Labute approximate surface area is 376 Å². The maximum Gasteiger partial charge on any atom is 0.411 e. The van der Waals surface area contributed by atoms with Crippen molar-refractivity contribution in [2.75, 3.05) is 10.6 Å². The minimum Gasteiger partial charge on any atom is -0.446 e. The summed E-state index contributed by atoms with van der Waals surface area (Å²) in [5.41, 5.74) is 8.51. The quantitative estimate of drug-likeness (QED) is 0.118. The van der Waals surface area contributed by atoms with Crippen molar-refractivity contribution < 1.29 is 19.1 Å². The molecule has 2 aliphatic rings. The van der Waals surface area contributed by atoms with Gasteiger partial charge in [-0.15, -0.1) is 0 Å². The van der Waals surface area contributed by atoms with Crippen molar-refractivity contribution in [2.45, 2.75) is 56.3 Å². The molecule has 0 aliphatic heterocycles. The number of imidazole rings is 2. The second kappa shape index (κ2) is 20.3. The minimum atomic E-state index is -0.602. The molecule has 12 heteroatoms. The highest BCUT2D eigenvalue weighted by Crippen LogP contribution is 2.41. The Morgan fingerprint density at radius 1 is 0.635 bits per heavy atom. The molecule has 0 saturated heterocycles. The van der Waals surface area contributed by atoms with Crippen LogP contribution >= 0.6 is 23.2 Å². The number of nitrogens with one attached hydrogen (secondary N) is 3. The van der Waals surface area contributed by atoms with Gasteiger partial charge in [0.25, 0.3) is 0 Å². The van der Waals surface area contributed by atoms with Crippen molar-refractivity contribution in [3.63, 3.8) is 0 Å². The number of carbonyl (C=O) groups is 2. The van der Waals surface area contributed by atoms with Crippen LogP contribution in [0.15, 0.2) is 177 Å². The number of ether oxygens (including phenoxy) is 2. The smallest absolute Gasteiger partial charge is 0.411 e. The summed E-state index contributed by atoms with van der Waals surface area (Å²) in [4.78, 5) is 36.3. The predicted molar refractivity (Wildman–Crippen MR) is 250 cm³/mol. The van der Waals surface area contributed by atoms with E-state index in [2.05, 4.69) is 116 Å². The molecule has 2 aromatic heterocycles. The van der Waals surface area contributed by atoms with Crippen LogP contribution in [0.4, 0.5) is 21.0 Å². The van der Waals surface area contributed by atoms with Crippen LogP contribution in [0.1, 0.15) is 66.6 Å². The summed E-state index contributed by atoms with van der Waals surface area (Å²) >= 11 is 11.7. The maximum absolute atomic E-state index is 12.4. The number of benzene rings is 5. The third kappa shape index (κ3) is 10.6. The number of allylic oxidation sites excluding steroid dienone is 2. The topological polar surface area (TPSA) is 123 Å². The third-order valence-electron chi connectivity index (χ3n) is 11.2. The zero-order valence-electron chi connectivity index (χ0n) is 34.4. The van der Waals surface area contributed by atoms with Crippen LogP contribution < -0.4 is 10.6 Å². The second-order valence-corrected chi connectivity index (χ2v) is 16.1. The van der Waals surface area contributed by atoms with Crippen molar-refractivity contribution in [3.8, 4) is 0 Å². The van der Waals surface area contributed by atoms with E-state index in [4.69, 9.17) is 37.7 Å². The number of H-pyrrole nitrogens is 1. The van der Waals surface area contributed by atoms with E-state index in [1.54, 1.807) is 61.1 Å². The van der Waals surface area contributed by atoms with Gasteiger partial charge in [0.1, 0.15) is 17.7 Å². The molecule has 2 aliphatic carbocycles. The van der Waals surface area contributed by atoms with E-state index >= 15 is 0 Å². The average molecular weight is 878 g/mol. The lowest BCUT2D eigenvalue weighted by Crippen LogP contribution is -2.36. The Morgan fingerprint density at radius 3 is 1.51 bits per heavy atom. The Morgan fingerprint density at radius 2 is 1.10 bits per heavy atom. The molecule has 2 amide bonds. The molecule has 63 heavy (non-hydrogen) atoms. The van der Waals surface area contributed by atoms with Gasteiger partial charge in [0, 0.05) is 40.5 Å². The summed E-state index contributed by atoms with van der Waals surface area (Å²) in [6.07, 6.45) is 15.1. The highest BCUT2D eigenvalue weighted by Gasteiger charge is 2.38. The Hall–Kier alpha value is -6.88. The van der Waals surface area contributed by atoms with Gasteiger partial charge in [-0.25, -0.2) is 19.6 Å². The number of nitrogens with zero attached hydrogens (tertiary/aromatic N) is 3. The number of carbonyl (C=O) groups excluding carboxylic acids is 2. The number of hydrogen-bond acceptors (Lipinski definition) is 6. The van der Waals surface area contributed by atoms with E-state index < -0.39 is 17.7 Å². The fourth-order valence-corrected chi connectivity index (χ4v) is 8.32. The Kier molecular flexibility index (Phi) is 13.8. The molecule has 3 N–H and O–H groups in total. The van der Waals surface area contributed by atoms with Gasteiger partial charge >= 0.3 is 12.2 Å². The normalized spacial score (nSPS) is 16.0. The third-order valence-corrected chi connectivity index (χ3v) is 11.7. The zero-order chi connectivity index (χ0) is 43.4.